The van der Waals surface area contributed by atoms with Gasteiger partial charge in [-0.2, -0.15) is 4.80 Å². The number of aryl methyl sites for hydroxylation is 1. The Bertz CT molecular complexity index is 1170. The lowest BCUT2D eigenvalue weighted by molar-refractivity contribution is -0.116. The van der Waals surface area contributed by atoms with Gasteiger partial charge in [-0.05, 0) is 29.3 Å². The van der Waals surface area contributed by atoms with E-state index in [-0.39, 0.29) is 5.91 Å². The number of rotatable bonds is 19. The Hall–Kier alpha value is -3.82. The fraction of sp³-hybridized carbons (Fsp3) is 0.548. The van der Waals surface area contributed by atoms with E-state index in [1.807, 2.05) is 12.1 Å². The predicted octanol–water partition coefficient (Wildman–Crippen LogP) is 6.40. The SMILES string of the molecule is CCCCCCCCCCCCn1nnc(C(C(=O)Nc2c(OC)cc(OC)cc2OC)c2ccc(OC)cc2)n1. The summed E-state index contributed by atoms with van der Waals surface area (Å²) in [6.45, 7) is 2.90. The fourth-order valence-electron chi connectivity index (χ4n) is 4.74. The Kier molecular flexibility index (Phi) is 13.2. The summed E-state index contributed by atoms with van der Waals surface area (Å²) in [5.74, 6) is 1.17. The van der Waals surface area contributed by atoms with Crippen LogP contribution in [-0.2, 0) is 11.3 Å². The molecule has 3 aromatic rings. The molecule has 10 heteroatoms. The molecule has 0 bridgehead atoms. The van der Waals surface area contributed by atoms with Crippen molar-refractivity contribution in [3.63, 3.8) is 0 Å². The third-order valence-electron chi connectivity index (χ3n) is 7.11. The first kappa shape index (κ1) is 31.7. The van der Waals surface area contributed by atoms with E-state index < -0.39 is 5.92 Å². The van der Waals surface area contributed by atoms with Gasteiger partial charge in [0.2, 0.25) is 5.91 Å². The summed E-state index contributed by atoms with van der Waals surface area (Å²) in [5.41, 5.74) is 1.09. The second-order valence-corrected chi connectivity index (χ2v) is 10.0. The van der Waals surface area contributed by atoms with Crippen LogP contribution in [0.3, 0.4) is 0 Å². The number of carbonyl (C=O) groups is 1. The van der Waals surface area contributed by atoms with E-state index >= 15 is 0 Å². The summed E-state index contributed by atoms with van der Waals surface area (Å²) in [6, 6.07) is 10.6. The molecule has 1 N–H and O–H groups in total. The molecule has 1 atom stereocenters. The number of tetrazole rings is 1. The molecule has 1 unspecified atom stereocenters. The standard InChI is InChI=1S/C31H45N5O5/c1-6-7-8-9-10-11-12-13-14-15-20-36-34-30(33-35-36)28(23-16-18-24(38-2)19-17-23)31(37)32-29-26(40-4)21-25(39-3)22-27(29)41-5/h16-19,21-22,28H,6-15,20H2,1-5H3,(H,32,37). The molecule has 1 heterocycles. The molecule has 0 aliphatic heterocycles. The summed E-state index contributed by atoms with van der Waals surface area (Å²) in [4.78, 5) is 15.4. The first-order valence-electron chi connectivity index (χ1n) is 14.6. The zero-order valence-electron chi connectivity index (χ0n) is 25.1. The molecule has 10 nitrogen and oxygen atoms in total. The van der Waals surface area contributed by atoms with Crippen LogP contribution in [-0.4, -0.2) is 54.6 Å². The van der Waals surface area contributed by atoms with E-state index in [4.69, 9.17) is 18.9 Å². The van der Waals surface area contributed by atoms with E-state index in [1.165, 1.54) is 65.6 Å². The number of hydrogen-bond acceptors (Lipinski definition) is 8. The van der Waals surface area contributed by atoms with Gasteiger partial charge in [0.15, 0.2) is 5.82 Å². The van der Waals surface area contributed by atoms with Crippen LogP contribution in [0, 0.1) is 0 Å². The van der Waals surface area contributed by atoms with Crippen LogP contribution in [0.1, 0.15) is 88.4 Å². The van der Waals surface area contributed by atoms with Crippen molar-refractivity contribution in [3.05, 3.63) is 47.8 Å². The fourth-order valence-corrected chi connectivity index (χ4v) is 4.74. The van der Waals surface area contributed by atoms with E-state index in [2.05, 4.69) is 27.7 Å². The highest BCUT2D eigenvalue weighted by atomic mass is 16.5. The Balaban J connectivity index is 1.70. The van der Waals surface area contributed by atoms with Crippen LogP contribution >= 0.6 is 0 Å². The van der Waals surface area contributed by atoms with Crippen LogP contribution < -0.4 is 24.3 Å². The van der Waals surface area contributed by atoms with Crippen molar-refractivity contribution in [2.75, 3.05) is 33.8 Å². The second kappa shape index (κ2) is 17.1. The monoisotopic (exact) mass is 567 g/mol. The molecule has 0 fully saturated rings. The highest BCUT2D eigenvalue weighted by Crippen LogP contribution is 2.40. The first-order chi connectivity index (χ1) is 20.0. The van der Waals surface area contributed by atoms with Crippen molar-refractivity contribution in [2.45, 2.75) is 83.6 Å². The summed E-state index contributed by atoms with van der Waals surface area (Å²) in [5, 5.41) is 16.1. The van der Waals surface area contributed by atoms with Crippen LogP contribution in [0.15, 0.2) is 36.4 Å². The van der Waals surface area contributed by atoms with Gasteiger partial charge < -0.3 is 24.3 Å². The van der Waals surface area contributed by atoms with Crippen LogP contribution in [0.5, 0.6) is 23.0 Å². The summed E-state index contributed by atoms with van der Waals surface area (Å²) < 4.78 is 21.7. The zero-order chi connectivity index (χ0) is 29.5. The molecule has 1 amide bonds. The number of unbranched alkanes of at least 4 members (excludes halogenated alkanes) is 9. The van der Waals surface area contributed by atoms with Crippen LogP contribution in [0.2, 0.25) is 0 Å². The molecule has 0 radical (unpaired) electrons. The maximum atomic E-state index is 13.8. The van der Waals surface area contributed by atoms with Crippen LogP contribution in [0.25, 0.3) is 0 Å². The molecule has 1 aromatic heterocycles. The van der Waals surface area contributed by atoms with Crippen molar-refractivity contribution in [3.8, 4) is 23.0 Å². The number of nitrogens with one attached hydrogen (secondary N) is 1. The number of aromatic nitrogens is 4. The van der Waals surface area contributed by atoms with Gasteiger partial charge in [0, 0.05) is 12.1 Å². The Morgan fingerprint density at radius 1 is 0.780 bits per heavy atom. The van der Waals surface area contributed by atoms with Gasteiger partial charge in [-0.25, -0.2) is 0 Å². The quantitative estimate of drug-likeness (QED) is 0.166. The predicted molar refractivity (Wildman–Crippen MR) is 159 cm³/mol. The normalized spacial score (nSPS) is 11.6. The lowest BCUT2D eigenvalue weighted by Crippen LogP contribution is -2.24. The van der Waals surface area contributed by atoms with Gasteiger partial charge in [0.25, 0.3) is 0 Å². The largest absolute Gasteiger partial charge is 0.497 e. The van der Waals surface area contributed by atoms with E-state index in [0.717, 1.165) is 12.8 Å². The lowest BCUT2D eigenvalue weighted by atomic mass is 9.97. The van der Waals surface area contributed by atoms with Crippen molar-refractivity contribution in [1.82, 2.24) is 20.2 Å². The molecule has 0 spiro atoms. The average Bonchev–Trinajstić information content (AvgIpc) is 3.46. The molecular formula is C31H45N5O5. The number of benzene rings is 2. The number of anilines is 1. The maximum Gasteiger partial charge on any atom is 0.240 e. The molecule has 0 saturated carbocycles. The Morgan fingerprint density at radius 3 is 1.88 bits per heavy atom. The smallest absolute Gasteiger partial charge is 0.240 e. The molecule has 2 aromatic carbocycles. The summed E-state index contributed by atoms with van der Waals surface area (Å²) >= 11 is 0. The number of amides is 1. The number of ether oxygens (including phenoxy) is 4. The number of methoxy groups -OCH3 is 4. The van der Waals surface area contributed by atoms with Gasteiger partial charge in [-0.15, -0.1) is 10.2 Å². The van der Waals surface area contributed by atoms with E-state index in [9.17, 15) is 4.79 Å². The van der Waals surface area contributed by atoms with Gasteiger partial charge >= 0.3 is 0 Å². The van der Waals surface area contributed by atoms with Gasteiger partial charge in [0.05, 0.1) is 35.0 Å². The molecule has 0 aliphatic carbocycles. The zero-order valence-corrected chi connectivity index (χ0v) is 25.1. The summed E-state index contributed by atoms with van der Waals surface area (Å²) in [6.07, 6.45) is 12.5. The van der Waals surface area contributed by atoms with Crippen LogP contribution in [0.4, 0.5) is 5.69 Å². The molecule has 3 rings (SSSR count). The lowest BCUT2D eigenvalue weighted by Gasteiger charge is -2.19. The number of hydrogen-bond donors (Lipinski definition) is 1. The highest BCUT2D eigenvalue weighted by Gasteiger charge is 2.29. The maximum absolute atomic E-state index is 13.8. The Morgan fingerprint density at radius 2 is 1.34 bits per heavy atom. The van der Waals surface area contributed by atoms with Crippen molar-refractivity contribution in [2.24, 2.45) is 0 Å². The third-order valence-corrected chi connectivity index (χ3v) is 7.11. The number of nitrogens with zero attached hydrogens (tertiary/aromatic N) is 4. The van der Waals surface area contributed by atoms with Gasteiger partial charge in [-0.3, -0.25) is 4.79 Å². The first-order valence-corrected chi connectivity index (χ1v) is 14.6. The van der Waals surface area contributed by atoms with Gasteiger partial charge in [0.1, 0.15) is 34.6 Å². The highest BCUT2D eigenvalue weighted by molar-refractivity contribution is 6.00. The third kappa shape index (κ3) is 9.37. The van der Waals surface area contributed by atoms with Crippen molar-refractivity contribution < 1.29 is 23.7 Å². The molecular weight excluding hydrogens is 522 g/mol. The molecule has 224 valence electrons. The van der Waals surface area contributed by atoms with Gasteiger partial charge in [-0.1, -0.05) is 76.8 Å². The molecule has 41 heavy (non-hydrogen) atoms. The minimum absolute atomic E-state index is 0.311. The minimum Gasteiger partial charge on any atom is -0.497 e. The van der Waals surface area contributed by atoms with Crippen molar-refractivity contribution >= 4 is 11.6 Å². The second-order valence-electron chi connectivity index (χ2n) is 10.0. The van der Waals surface area contributed by atoms with E-state index in [1.54, 1.807) is 43.3 Å². The molecule has 0 saturated heterocycles. The topological polar surface area (TPSA) is 110 Å². The number of carbonyl (C=O) groups excluding carboxylic acids is 1. The summed E-state index contributed by atoms with van der Waals surface area (Å²) in [7, 11) is 6.19. The molecule has 0 aliphatic rings. The minimum atomic E-state index is -0.820. The van der Waals surface area contributed by atoms with E-state index in [0.29, 0.717) is 46.6 Å². The van der Waals surface area contributed by atoms with Crippen molar-refractivity contribution in [1.29, 1.82) is 0 Å². The average molecular weight is 568 g/mol. The Labute approximate surface area is 243 Å².